The summed E-state index contributed by atoms with van der Waals surface area (Å²) >= 11 is 7.02. The highest BCUT2D eigenvalue weighted by molar-refractivity contribution is 8.26. The molecule has 186 valence electrons. The smallest absolute Gasteiger partial charge is 0.266 e. The fourth-order valence-corrected chi connectivity index (χ4v) is 5.91. The maximum atomic E-state index is 13.6. The number of hydrogen-bond acceptors (Lipinski definition) is 4. The van der Waals surface area contributed by atoms with Gasteiger partial charge < -0.3 is 0 Å². The van der Waals surface area contributed by atoms with Gasteiger partial charge >= 0.3 is 0 Å². The lowest BCUT2D eigenvalue weighted by molar-refractivity contribution is -0.123. The van der Waals surface area contributed by atoms with Gasteiger partial charge in [0.2, 0.25) is 0 Å². The summed E-state index contributed by atoms with van der Waals surface area (Å²) in [4.78, 5) is 15.9. The van der Waals surface area contributed by atoms with Crippen LogP contribution in [-0.2, 0) is 4.79 Å². The number of aryl methyl sites for hydroxylation is 1. The number of aromatic nitrogens is 2. The molecule has 0 N–H and O–H groups in total. The molecule has 1 atom stereocenters. The molecule has 5 rings (SSSR count). The van der Waals surface area contributed by atoms with Crippen LogP contribution in [0.2, 0.25) is 0 Å². The standard InChI is InChI=1S/C31H29N3OS2/c1-20(2)24-16-15-21(3)27(17-24)29-25(19-33(32-29)26-13-9-6-10-14-26)18-28-30(35)34(31(36)37-28)22(4)23-11-7-5-8-12-23/h5-20,22H,1-4H3/b28-18-/t22-/m0/s1. The van der Waals surface area contributed by atoms with Crippen LogP contribution in [0.5, 0.6) is 0 Å². The molecule has 0 spiro atoms. The highest BCUT2D eigenvalue weighted by Gasteiger charge is 2.36. The number of hydrogen-bond donors (Lipinski definition) is 0. The van der Waals surface area contributed by atoms with Gasteiger partial charge in [-0.15, -0.1) is 0 Å². The number of nitrogens with zero attached hydrogens (tertiary/aromatic N) is 3. The zero-order chi connectivity index (χ0) is 26.1. The number of carbonyl (C=O) groups is 1. The van der Waals surface area contributed by atoms with Crippen LogP contribution in [0.15, 0.2) is 90.0 Å². The molecule has 1 aromatic heterocycles. The lowest BCUT2D eigenvalue weighted by Gasteiger charge is -2.23. The third-order valence-corrected chi connectivity index (χ3v) is 8.06. The zero-order valence-corrected chi connectivity index (χ0v) is 23.0. The second-order valence-electron chi connectivity index (χ2n) is 9.58. The van der Waals surface area contributed by atoms with Gasteiger partial charge in [-0.3, -0.25) is 9.69 Å². The Bertz CT molecular complexity index is 1490. The normalized spacial score (nSPS) is 15.7. The van der Waals surface area contributed by atoms with Gasteiger partial charge in [-0.1, -0.05) is 98.5 Å². The van der Waals surface area contributed by atoms with Crippen LogP contribution in [0.4, 0.5) is 0 Å². The Kier molecular flexibility index (Phi) is 7.13. The van der Waals surface area contributed by atoms with E-state index in [0.717, 1.165) is 33.6 Å². The first kappa shape index (κ1) is 25.2. The molecular weight excluding hydrogens is 494 g/mol. The Morgan fingerprint density at radius 1 is 0.919 bits per heavy atom. The fourth-order valence-electron chi connectivity index (χ4n) is 4.50. The van der Waals surface area contributed by atoms with Crippen LogP contribution in [0, 0.1) is 6.92 Å². The molecule has 0 bridgehead atoms. The number of amides is 1. The molecule has 0 saturated carbocycles. The average Bonchev–Trinajstić information content (AvgIpc) is 3.45. The second-order valence-corrected chi connectivity index (χ2v) is 11.3. The summed E-state index contributed by atoms with van der Waals surface area (Å²) in [6.07, 6.45) is 3.94. The van der Waals surface area contributed by atoms with Crippen molar-refractivity contribution >= 4 is 40.3 Å². The van der Waals surface area contributed by atoms with Crippen molar-refractivity contribution in [1.29, 1.82) is 0 Å². The SMILES string of the molecule is Cc1ccc(C(C)C)cc1-c1nn(-c2ccccc2)cc1/C=C1\SC(=S)N([C@@H](C)c2ccccc2)C1=O. The molecule has 1 aliphatic heterocycles. The number of thiocarbonyl (C=S) groups is 1. The highest BCUT2D eigenvalue weighted by atomic mass is 32.2. The summed E-state index contributed by atoms with van der Waals surface area (Å²) < 4.78 is 2.46. The van der Waals surface area contributed by atoms with Crippen LogP contribution < -0.4 is 0 Å². The summed E-state index contributed by atoms with van der Waals surface area (Å²) in [5, 5.41) is 5.00. The van der Waals surface area contributed by atoms with E-state index in [1.807, 2.05) is 84.5 Å². The lowest BCUT2D eigenvalue weighted by Crippen LogP contribution is -2.30. The molecule has 1 fully saturated rings. The van der Waals surface area contributed by atoms with Gasteiger partial charge in [0, 0.05) is 17.3 Å². The van der Waals surface area contributed by atoms with Gasteiger partial charge in [0.1, 0.15) is 10.0 Å². The molecule has 6 heteroatoms. The van der Waals surface area contributed by atoms with Crippen LogP contribution in [0.1, 0.15) is 55.0 Å². The van der Waals surface area contributed by atoms with Crippen molar-refractivity contribution in [2.75, 3.05) is 0 Å². The molecule has 2 heterocycles. The summed E-state index contributed by atoms with van der Waals surface area (Å²) in [5.41, 5.74) is 7.22. The minimum Gasteiger partial charge on any atom is -0.286 e. The minimum atomic E-state index is -0.143. The van der Waals surface area contributed by atoms with Gasteiger partial charge in [0.25, 0.3) is 5.91 Å². The molecular formula is C31H29N3OS2. The Morgan fingerprint density at radius 3 is 2.27 bits per heavy atom. The maximum Gasteiger partial charge on any atom is 0.266 e. The highest BCUT2D eigenvalue weighted by Crippen LogP contribution is 2.39. The van der Waals surface area contributed by atoms with Crippen LogP contribution in [0.3, 0.4) is 0 Å². The van der Waals surface area contributed by atoms with Crippen molar-refractivity contribution < 1.29 is 4.79 Å². The fraction of sp³-hybridized carbons (Fsp3) is 0.194. The van der Waals surface area contributed by atoms with E-state index in [2.05, 4.69) is 39.0 Å². The average molecular weight is 524 g/mol. The molecule has 0 unspecified atom stereocenters. The van der Waals surface area contributed by atoms with Gasteiger partial charge in [-0.2, -0.15) is 5.10 Å². The predicted octanol–water partition coefficient (Wildman–Crippen LogP) is 7.93. The number of benzene rings is 3. The maximum absolute atomic E-state index is 13.6. The summed E-state index contributed by atoms with van der Waals surface area (Å²) in [6, 6.07) is 26.4. The van der Waals surface area contributed by atoms with Crippen molar-refractivity contribution in [3.05, 3.63) is 112 Å². The van der Waals surface area contributed by atoms with Crippen LogP contribution >= 0.6 is 24.0 Å². The summed E-state index contributed by atoms with van der Waals surface area (Å²) in [6.45, 7) is 8.50. The van der Waals surface area contributed by atoms with E-state index < -0.39 is 0 Å². The van der Waals surface area contributed by atoms with E-state index in [9.17, 15) is 4.79 Å². The van der Waals surface area contributed by atoms with E-state index in [4.69, 9.17) is 17.3 Å². The Labute approximate surface area is 228 Å². The molecule has 4 nitrogen and oxygen atoms in total. The van der Waals surface area contributed by atoms with E-state index in [0.29, 0.717) is 15.1 Å². The molecule has 3 aromatic carbocycles. The quantitative estimate of drug-likeness (QED) is 0.190. The van der Waals surface area contributed by atoms with Crippen LogP contribution in [0.25, 0.3) is 23.0 Å². The lowest BCUT2D eigenvalue weighted by atomic mass is 9.95. The Morgan fingerprint density at radius 2 is 1.59 bits per heavy atom. The van der Waals surface area contributed by atoms with Crippen molar-refractivity contribution in [2.24, 2.45) is 0 Å². The Hall–Kier alpha value is -3.48. The van der Waals surface area contributed by atoms with E-state index in [1.165, 1.54) is 17.3 Å². The number of carbonyl (C=O) groups excluding carboxylic acids is 1. The molecule has 1 saturated heterocycles. The first-order valence-corrected chi connectivity index (χ1v) is 13.6. The third kappa shape index (κ3) is 5.04. The second kappa shape index (κ2) is 10.5. The first-order valence-electron chi connectivity index (χ1n) is 12.4. The zero-order valence-electron chi connectivity index (χ0n) is 21.4. The molecule has 1 amide bonds. The van der Waals surface area contributed by atoms with Gasteiger partial charge in [0.05, 0.1) is 16.6 Å². The van der Waals surface area contributed by atoms with Gasteiger partial charge in [-0.05, 0) is 60.7 Å². The Balaban J connectivity index is 1.59. The molecule has 0 radical (unpaired) electrons. The third-order valence-electron chi connectivity index (χ3n) is 6.73. The van der Waals surface area contributed by atoms with E-state index in [-0.39, 0.29) is 11.9 Å². The largest absolute Gasteiger partial charge is 0.286 e. The number of para-hydroxylation sites is 1. The van der Waals surface area contributed by atoms with E-state index in [1.54, 1.807) is 4.90 Å². The van der Waals surface area contributed by atoms with Gasteiger partial charge in [-0.25, -0.2) is 4.68 Å². The monoisotopic (exact) mass is 523 g/mol. The van der Waals surface area contributed by atoms with Crippen molar-refractivity contribution in [1.82, 2.24) is 14.7 Å². The minimum absolute atomic E-state index is 0.0718. The first-order chi connectivity index (χ1) is 17.8. The molecule has 4 aromatic rings. The van der Waals surface area contributed by atoms with Crippen molar-refractivity contribution in [3.63, 3.8) is 0 Å². The number of thioether (sulfide) groups is 1. The molecule has 37 heavy (non-hydrogen) atoms. The van der Waals surface area contributed by atoms with Crippen LogP contribution in [-0.4, -0.2) is 24.9 Å². The predicted molar refractivity (Wildman–Crippen MR) is 158 cm³/mol. The molecule has 0 aliphatic carbocycles. The topological polar surface area (TPSA) is 38.1 Å². The summed E-state index contributed by atoms with van der Waals surface area (Å²) in [5.74, 6) is 0.326. The summed E-state index contributed by atoms with van der Waals surface area (Å²) in [7, 11) is 0. The van der Waals surface area contributed by atoms with E-state index >= 15 is 0 Å². The molecule has 1 aliphatic rings. The number of rotatable bonds is 6. The van der Waals surface area contributed by atoms with Crippen molar-refractivity contribution in [3.8, 4) is 16.9 Å². The van der Waals surface area contributed by atoms with Gasteiger partial charge in [0.15, 0.2) is 0 Å². The van der Waals surface area contributed by atoms with Crippen molar-refractivity contribution in [2.45, 2.75) is 39.7 Å².